The van der Waals surface area contributed by atoms with Gasteiger partial charge in [0.1, 0.15) is 0 Å². The van der Waals surface area contributed by atoms with Gasteiger partial charge in [-0.2, -0.15) is 0 Å². The van der Waals surface area contributed by atoms with Crippen LogP contribution in [0.1, 0.15) is 65.2 Å². The predicted molar refractivity (Wildman–Crippen MR) is 99.1 cm³/mol. The number of allylic oxidation sites excluding steroid dienone is 1. The Bertz CT molecular complexity index is 402. The van der Waals surface area contributed by atoms with E-state index in [4.69, 9.17) is 4.74 Å². The summed E-state index contributed by atoms with van der Waals surface area (Å²) in [5.41, 5.74) is 1.32. The van der Waals surface area contributed by atoms with Crippen LogP contribution in [0.5, 0.6) is 0 Å². The molecule has 0 radical (unpaired) electrons. The Labute approximate surface area is 148 Å². The number of hydrogen-bond donors (Lipinski definition) is 0. The van der Waals surface area contributed by atoms with Gasteiger partial charge >= 0.3 is 0 Å². The summed E-state index contributed by atoms with van der Waals surface area (Å²) in [7, 11) is 0. The number of unbranched alkanes of at least 4 members (excludes halogenated alkanes) is 2. The molecule has 0 aromatic heterocycles. The fraction of sp³-hybridized carbons (Fsp3) is 0.850. The van der Waals surface area contributed by atoms with Gasteiger partial charge in [0.25, 0.3) is 0 Å². The summed E-state index contributed by atoms with van der Waals surface area (Å²) < 4.78 is 5.45. The van der Waals surface area contributed by atoms with E-state index in [1.165, 1.54) is 31.3 Å². The number of hydrogen-bond acceptors (Lipinski definition) is 3. The molecule has 1 atom stereocenters. The summed E-state index contributed by atoms with van der Waals surface area (Å²) in [4.78, 5) is 17.5. The summed E-state index contributed by atoms with van der Waals surface area (Å²) in [5, 5.41) is 0. The van der Waals surface area contributed by atoms with Gasteiger partial charge in [-0.05, 0) is 39.0 Å². The highest BCUT2D eigenvalue weighted by molar-refractivity contribution is 5.79. The number of carbonyl (C=O) groups is 1. The van der Waals surface area contributed by atoms with Crippen molar-refractivity contribution in [2.45, 2.75) is 71.3 Å². The van der Waals surface area contributed by atoms with Crippen molar-refractivity contribution in [2.24, 2.45) is 0 Å². The normalized spacial score (nSPS) is 23.5. The SMILES string of the molecule is CC=C(CCCCC)CC(=O)N1CCCCC1CN1CCOCC1. The van der Waals surface area contributed by atoms with E-state index in [0.717, 1.165) is 58.7 Å². The van der Waals surface area contributed by atoms with Crippen LogP contribution in [0.25, 0.3) is 0 Å². The second-order valence-electron chi connectivity index (χ2n) is 7.23. The minimum absolute atomic E-state index is 0.345. The lowest BCUT2D eigenvalue weighted by molar-refractivity contribution is -0.134. The topological polar surface area (TPSA) is 32.8 Å². The van der Waals surface area contributed by atoms with Crippen molar-refractivity contribution in [3.63, 3.8) is 0 Å². The van der Waals surface area contributed by atoms with E-state index in [1.807, 2.05) is 0 Å². The maximum absolute atomic E-state index is 12.9. The zero-order valence-electron chi connectivity index (χ0n) is 15.8. The Morgan fingerprint density at radius 1 is 1.17 bits per heavy atom. The van der Waals surface area contributed by atoms with Crippen LogP contribution in [0.15, 0.2) is 11.6 Å². The molecule has 0 spiro atoms. The average Bonchev–Trinajstić information content (AvgIpc) is 2.62. The van der Waals surface area contributed by atoms with E-state index < -0.39 is 0 Å². The van der Waals surface area contributed by atoms with E-state index in [9.17, 15) is 4.79 Å². The summed E-state index contributed by atoms with van der Waals surface area (Å²) in [6.45, 7) is 9.96. The lowest BCUT2D eigenvalue weighted by Gasteiger charge is -2.40. The van der Waals surface area contributed by atoms with Crippen molar-refractivity contribution in [1.29, 1.82) is 0 Å². The van der Waals surface area contributed by atoms with Gasteiger partial charge in [0, 0.05) is 38.6 Å². The lowest BCUT2D eigenvalue weighted by Crippen LogP contribution is -2.51. The Hall–Kier alpha value is -0.870. The largest absolute Gasteiger partial charge is 0.379 e. The molecule has 4 nitrogen and oxygen atoms in total. The highest BCUT2D eigenvalue weighted by atomic mass is 16.5. The first kappa shape index (κ1) is 19.5. The van der Waals surface area contributed by atoms with Gasteiger partial charge in [-0.15, -0.1) is 0 Å². The molecule has 4 heteroatoms. The third-order valence-electron chi connectivity index (χ3n) is 5.41. The zero-order chi connectivity index (χ0) is 17.2. The molecule has 0 aromatic carbocycles. The highest BCUT2D eigenvalue weighted by Crippen LogP contribution is 2.22. The minimum Gasteiger partial charge on any atom is -0.379 e. The minimum atomic E-state index is 0.345. The molecule has 0 N–H and O–H groups in total. The van der Waals surface area contributed by atoms with E-state index in [-0.39, 0.29) is 0 Å². The number of piperidine rings is 1. The first-order valence-corrected chi connectivity index (χ1v) is 9.98. The van der Waals surface area contributed by atoms with Gasteiger partial charge in [-0.1, -0.05) is 31.4 Å². The smallest absolute Gasteiger partial charge is 0.226 e. The second-order valence-corrected chi connectivity index (χ2v) is 7.23. The first-order valence-electron chi connectivity index (χ1n) is 9.98. The average molecular weight is 337 g/mol. The molecule has 2 aliphatic rings. The maximum atomic E-state index is 12.9. The van der Waals surface area contributed by atoms with Crippen molar-refractivity contribution in [2.75, 3.05) is 39.4 Å². The molecule has 0 saturated carbocycles. The van der Waals surface area contributed by atoms with Crippen LogP contribution >= 0.6 is 0 Å². The van der Waals surface area contributed by atoms with Crippen molar-refractivity contribution in [3.05, 3.63) is 11.6 Å². The van der Waals surface area contributed by atoms with Gasteiger partial charge in [0.15, 0.2) is 0 Å². The van der Waals surface area contributed by atoms with Crippen LogP contribution in [-0.2, 0) is 9.53 Å². The van der Waals surface area contributed by atoms with Crippen LogP contribution in [0.2, 0.25) is 0 Å². The molecule has 2 aliphatic heterocycles. The Morgan fingerprint density at radius 2 is 1.96 bits per heavy atom. The molecule has 0 aliphatic carbocycles. The van der Waals surface area contributed by atoms with Crippen LogP contribution in [-0.4, -0.2) is 61.1 Å². The lowest BCUT2D eigenvalue weighted by atomic mass is 9.98. The molecular weight excluding hydrogens is 300 g/mol. The molecule has 2 heterocycles. The van der Waals surface area contributed by atoms with E-state index >= 15 is 0 Å². The molecule has 138 valence electrons. The Balaban J connectivity index is 1.86. The summed E-state index contributed by atoms with van der Waals surface area (Å²) in [6, 6.07) is 0.401. The van der Waals surface area contributed by atoms with Crippen molar-refractivity contribution < 1.29 is 9.53 Å². The van der Waals surface area contributed by atoms with Crippen molar-refractivity contribution in [3.8, 4) is 0 Å². The third kappa shape index (κ3) is 6.21. The zero-order valence-corrected chi connectivity index (χ0v) is 15.8. The number of nitrogens with zero attached hydrogens (tertiary/aromatic N) is 2. The molecule has 24 heavy (non-hydrogen) atoms. The highest BCUT2D eigenvalue weighted by Gasteiger charge is 2.28. The number of rotatable bonds is 8. The molecule has 0 aromatic rings. The van der Waals surface area contributed by atoms with Crippen LogP contribution < -0.4 is 0 Å². The van der Waals surface area contributed by atoms with E-state index in [0.29, 0.717) is 18.4 Å². The number of amides is 1. The van der Waals surface area contributed by atoms with Crippen LogP contribution in [0.4, 0.5) is 0 Å². The van der Waals surface area contributed by atoms with Gasteiger partial charge in [-0.3, -0.25) is 9.69 Å². The maximum Gasteiger partial charge on any atom is 0.226 e. The fourth-order valence-corrected chi connectivity index (χ4v) is 3.83. The fourth-order valence-electron chi connectivity index (χ4n) is 3.83. The Kier molecular flexibility index (Phi) is 8.82. The monoisotopic (exact) mass is 336 g/mol. The quantitative estimate of drug-likeness (QED) is 0.501. The van der Waals surface area contributed by atoms with Crippen LogP contribution in [0, 0.1) is 0 Å². The second kappa shape index (κ2) is 10.9. The van der Waals surface area contributed by atoms with Crippen molar-refractivity contribution in [1.82, 2.24) is 9.80 Å². The summed E-state index contributed by atoms with van der Waals surface area (Å²) >= 11 is 0. The van der Waals surface area contributed by atoms with E-state index in [2.05, 4.69) is 29.7 Å². The predicted octanol–water partition coefficient (Wildman–Crippen LogP) is 3.62. The molecular formula is C20H36N2O2. The molecule has 2 rings (SSSR count). The number of likely N-dealkylation sites (tertiary alicyclic amines) is 1. The van der Waals surface area contributed by atoms with Gasteiger partial charge in [-0.25, -0.2) is 0 Å². The summed E-state index contributed by atoms with van der Waals surface area (Å²) in [5.74, 6) is 0.345. The van der Waals surface area contributed by atoms with Gasteiger partial charge in [0.2, 0.25) is 5.91 Å². The number of ether oxygens (including phenoxy) is 1. The molecule has 2 saturated heterocycles. The van der Waals surface area contributed by atoms with Gasteiger partial charge in [0.05, 0.1) is 13.2 Å². The number of carbonyl (C=O) groups excluding carboxylic acids is 1. The molecule has 1 unspecified atom stereocenters. The first-order chi connectivity index (χ1) is 11.7. The summed E-state index contributed by atoms with van der Waals surface area (Å²) in [6.07, 6.45) is 11.1. The van der Waals surface area contributed by atoms with Crippen LogP contribution in [0.3, 0.4) is 0 Å². The standard InChI is InChI=1S/C20H36N2O2/c1-3-5-6-9-18(4-2)16-20(23)22-11-8-7-10-19(22)17-21-12-14-24-15-13-21/h4,19H,3,5-17H2,1-2H3. The Morgan fingerprint density at radius 3 is 2.67 bits per heavy atom. The third-order valence-corrected chi connectivity index (χ3v) is 5.41. The van der Waals surface area contributed by atoms with Crippen molar-refractivity contribution >= 4 is 5.91 Å². The number of morpholine rings is 1. The van der Waals surface area contributed by atoms with Gasteiger partial charge < -0.3 is 9.64 Å². The molecule has 0 bridgehead atoms. The molecule has 2 fully saturated rings. The molecule has 1 amide bonds. The van der Waals surface area contributed by atoms with E-state index in [1.54, 1.807) is 0 Å².